The molecule has 0 radical (unpaired) electrons. The van der Waals surface area contributed by atoms with Crippen molar-refractivity contribution in [3.8, 4) is 0 Å². The molecule has 132 valence electrons. The van der Waals surface area contributed by atoms with Gasteiger partial charge in [-0.3, -0.25) is 9.67 Å². The lowest BCUT2D eigenvalue weighted by atomic mass is 10.0. The van der Waals surface area contributed by atoms with Gasteiger partial charge in [0.15, 0.2) is 5.96 Å². The quantitative estimate of drug-likeness (QED) is 0.425. The van der Waals surface area contributed by atoms with Gasteiger partial charge in [-0.15, -0.1) is 24.0 Å². The van der Waals surface area contributed by atoms with E-state index in [-0.39, 0.29) is 28.7 Å². The summed E-state index contributed by atoms with van der Waals surface area (Å²) < 4.78 is 2.07. The summed E-state index contributed by atoms with van der Waals surface area (Å²) in [4.78, 5) is 7.25. The molecule has 0 bridgehead atoms. The molecule has 0 amide bonds. The largest absolute Gasteiger partial charge is 0.357 e. The Hall–Kier alpha value is -0.440. The topological polar surface area (TPSA) is 45.5 Å². The number of rotatable bonds is 5. The maximum absolute atomic E-state index is 4.86. The molecule has 1 N–H and O–H groups in total. The van der Waals surface area contributed by atoms with Crippen molar-refractivity contribution >= 4 is 41.7 Å². The highest BCUT2D eigenvalue weighted by Crippen LogP contribution is 2.27. The third-order valence-corrected chi connectivity index (χ3v) is 5.42. The van der Waals surface area contributed by atoms with Gasteiger partial charge in [0, 0.05) is 43.5 Å². The van der Waals surface area contributed by atoms with Crippen LogP contribution in [-0.2, 0) is 7.05 Å². The predicted octanol–water partition coefficient (Wildman–Crippen LogP) is 2.93. The van der Waals surface area contributed by atoms with E-state index < -0.39 is 0 Å². The Morgan fingerprint density at radius 3 is 2.83 bits per heavy atom. The fourth-order valence-corrected chi connectivity index (χ4v) is 2.82. The van der Waals surface area contributed by atoms with Gasteiger partial charge in [-0.05, 0) is 39.0 Å². The van der Waals surface area contributed by atoms with E-state index in [1.165, 1.54) is 12.0 Å². The van der Waals surface area contributed by atoms with E-state index in [4.69, 9.17) is 4.99 Å². The lowest BCUT2D eigenvalue weighted by Gasteiger charge is -2.24. The van der Waals surface area contributed by atoms with Crippen molar-refractivity contribution in [1.29, 1.82) is 0 Å². The van der Waals surface area contributed by atoms with Crippen LogP contribution in [0.1, 0.15) is 38.7 Å². The number of nitrogens with one attached hydrogen (secondary N) is 1. The summed E-state index contributed by atoms with van der Waals surface area (Å²) in [6.07, 6.45) is 7.45. The molecule has 1 aromatic rings. The Labute approximate surface area is 161 Å². The maximum Gasteiger partial charge on any atom is 0.193 e. The minimum Gasteiger partial charge on any atom is -0.357 e. The first-order valence-electron chi connectivity index (χ1n) is 8.02. The van der Waals surface area contributed by atoms with Gasteiger partial charge in [0.2, 0.25) is 0 Å². The second-order valence-corrected chi connectivity index (χ2v) is 8.03. The molecule has 0 aromatic carbocycles. The molecule has 0 saturated carbocycles. The molecule has 2 rings (SSSR count). The number of nitrogens with zero attached hydrogens (tertiary/aromatic N) is 4. The van der Waals surface area contributed by atoms with E-state index in [9.17, 15) is 0 Å². The van der Waals surface area contributed by atoms with E-state index >= 15 is 0 Å². The standard InChI is InChI=1S/C16H29N5S.HI/c1-6-17-15(18-12-16(2,3)22-5)21-8-7-13(11-21)14-9-19-20(4)10-14;/h9-10,13H,6-8,11-12H2,1-5H3,(H,17,18);1H. The summed E-state index contributed by atoms with van der Waals surface area (Å²) in [5.74, 6) is 1.61. The molecule has 1 fully saturated rings. The summed E-state index contributed by atoms with van der Waals surface area (Å²) in [5.41, 5.74) is 1.34. The zero-order valence-electron chi connectivity index (χ0n) is 14.9. The first-order chi connectivity index (χ1) is 10.4. The second kappa shape index (κ2) is 9.15. The summed E-state index contributed by atoms with van der Waals surface area (Å²) in [6, 6.07) is 0. The summed E-state index contributed by atoms with van der Waals surface area (Å²) in [7, 11) is 1.98. The van der Waals surface area contributed by atoms with Crippen LogP contribution in [0.3, 0.4) is 0 Å². The van der Waals surface area contributed by atoms with Crippen LogP contribution in [0.15, 0.2) is 17.4 Å². The zero-order valence-corrected chi connectivity index (χ0v) is 18.0. The minimum absolute atomic E-state index is 0. The average molecular weight is 451 g/mol. The number of hydrogen-bond acceptors (Lipinski definition) is 3. The molecule has 7 heteroatoms. The van der Waals surface area contributed by atoms with Crippen molar-refractivity contribution in [1.82, 2.24) is 20.0 Å². The van der Waals surface area contributed by atoms with E-state index in [2.05, 4.69) is 48.5 Å². The third kappa shape index (κ3) is 5.85. The molecule has 0 aliphatic carbocycles. The van der Waals surface area contributed by atoms with Crippen LogP contribution in [0.25, 0.3) is 0 Å². The van der Waals surface area contributed by atoms with Crippen LogP contribution in [0.2, 0.25) is 0 Å². The number of hydrogen-bond donors (Lipinski definition) is 1. The number of guanidine groups is 1. The normalized spacial score (nSPS) is 18.9. The third-order valence-electron chi connectivity index (χ3n) is 4.18. The van der Waals surface area contributed by atoms with Gasteiger partial charge in [-0.2, -0.15) is 16.9 Å². The molecule has 1 atom stereocenters. The average Bonchev–Trinajstić information content (AvgIpc) is 3.12. The monoisotopic (exact) mass is 451 g/mol. The molecular weight excluding hydrogens is 421 g/mol. The fraction of sp³-hybridized carbons (Fsp3) is 0.750. The first kappa shape index (κ1) is 20.6. The van der Waals surface area contributed by atoms with E-state index in [0.29, 0.717) is 5.92 Å². The van der Waals surface area contributed by atoms with Crippen molar-refractivity contribution in [2.75, 3.05) is 32.4 Å². The van der Waals surface area contributed by atoms with Gasteiger partial charge in [-0.25, -0.2) is 0 Å². The molecule has 1 aliphatic rings. The summed E-state index contributed by atoms with van der Waals surface area (Å²) >= 11 is 1.87. The SMILES string of the molecule is CCNC(=NCC(C)(C)SC)N1CCC(c2cnn(C)c2)C1.I. The highest BCUT2D eigenvalue weighted by atomic mass is 127. The van der Waals surface area contributed by atoms with Crippen LogP contribution in [-0.4, -0.2) is 57.8 Å². The van der Waals surface area contributed by atoms with Crippen molar-refractivity contribution in [2.24, 2.45) is 12.0 Å². The van der Waals surface area contributed by atoms with Crippen molar-refractivity contribution < 1.29 is 0 Å². The number of likely N-dealkylation sites (tertiary alicyclic amines) is 1. The Morgan fingerprint density at radius 1 is 1.52 bits per heavy atom. The number of aromatic nitrogens is 2. The van der Waals surface area contributed by atoms with Crippen molar-refractivity contribution in [2.45, 2.75) is 37.9 Å². The number of halogens is 1. The van der Waals surface area contributed by atoms with Crippen molar-refractivity contribution in [3.05, 3.63) is 18.0 Å². The highest BCUT2D eigenvalue weighted by Gasteiger charge is 2.27. The Kier molecular flexibility index (Phi) is 8.20. The molecule has 1 unspecified atom stereocenters. The Morgan fingerprint density at radius 2 is 2.26 bits per heavy atom. The maximum atomic E-state index is 4.86. The Bertz CT molecular complexity index is 514. The molecule has 1 aromatic heterocycles. The van der Waals surface area contributed by atoms with Gasteiger partial charge < -0.3 is 10.2 Å². The zero-order chi connectivity index (χ0) is 16.2. The fourth-order valence-electron chi connectivity index (χ4n) is 2.63. The van der Waals surface area contributed by atoms with Crippen LogP contribution in [0, 0.1) is 0 Å². The molecule has 0 spiro atoms. The number of aryl methyl sites for hydroxylation is 1. The molecular formula is C16H30IN5S. The number of thioether (sulfide) groups is 1. The van der Waals surface area contributed by atoms with Crippen LogP contribution in [0.5, 0.6) is 0 Å². The lowest BCUT2D eigenvalue weighted by molar-refractivity contribution is 0.484. The molecule has 2 heterocycles. The van der Waals surface area contributed by atoms with Crippen LogP contribution >= 0.6 is 35.7 Å². The molecule has 1 aliphatic heterocycles. The van der Waals surface area contributed by atoms with Gasteiger partial charge >= 0.3 is 0 Å². The van der Waals surface area contributed by atoms with Gasteiger partial charge in [0.1, 0.15) is 0 Å². The van der Waals surface area contributed by atoms with Crippen LogP contribution in [0.4, 0.5) is 0 Å². The van der Waals surface area contributed by atoms with E-state index in [0.717, 1.165) is 32.1 Å². The first-order valence-corrected chi connectivity index (χ1v) is 9.24. The van der Waals surface area contributed by atoms with Gasteiger partial charge in [-0.1, -0.05) is 0 Å². The molecule has 23 heavy (non-hydrogen) atoms. The smallest absolute Gasteiger partial charge is 0.193 e. The number of aliphatic imine (C=N–C) groups is 1. The van der Waals surface area contributed by atoms with Crippen molar-refractivity contribution in [3.63, 3.8) is 0 Å². The molecule has 5 nitrogen and oxygen atoms in total. The minimum atomic E-state index is 0. The summed E-state index contributed by atoms with van der Waals surface area (Å²) in [5, 5.41) is 7.74. The van der Waals surface area contributed by atoms with E-state index in [1.807, 2.05) is 29.7 Å². The van der Waals surface area contributed by atoms with E-state index in [1.54, 1.807) is 0 Å². The highest BCUT2D eigenvalue weighted by molar-refractivity contribution is 14.0. The summed E-state index contributed by atoms with van der Waals surface area (Å²) in [6.45, 7) is 10.4. The van der Waals surface area contributed by atoms with Crippen LogP contribution < -0.4 is 5.32 Å². The lowest BCUT2D eigenvalue weighted by Crippen LogP contribution is -2.40. The second-order valence-electron chi connectivity index (χ2n) is 6.51. The predicted molar refractivity (Wildman–Crippen MR) is 111 cm³/mol. The Balaban J connectivity index is 0.00000264. The molecule has 1 saturated heterocycles. The van der Waals surface area contributed by atoms with Gasteiger partial charge in [0.25, 0.3) is 0 Å². The van der Waals surface area contributed by atoms with Gasteiger partial charge in [0.05, 0.1) is 12.7 Å².